The van der Waals surface area contributed by atoms with Crippen molar-refractivity contribution in [2.75, 3.05) is 11.6 Å². The molecule has 0 spiro atoms. The SMILES string of the molecule is CSc1ccc(Nc2cccc(F)c2C#N)cc1. The average Bonchev–Trinajstić information content (AvgIpc) is 2.40. The quantitative estimate of drug-likeness (QED) is 0.839. The minimum Gasteiger partial charge on any atom is -0.354 e. The molecule has 90 valence electrons. The number of halogens is 1. The number of anilines is 2. The highest BCUT2D eigenvalue weighted by Crippen LogP contribution is 2.24. The van der Waals surface area contributed by atoms with E-state index in [1.165, 1.54) is 6.07 Å². The van der Waals surface area contributed by atoms with E-state index in [0.29, 0.717) is 5.69 Å². The predicted octanol–water partition coefficient (Wildman–Crippen LogP) is 4.16. The Morgan fingerprint density at radius 3 is 2.50 bits per heavy atom. The summed E-state index contributed by atoms with van der Waals surface area (Å²) in [7, 11) is 0. The number of hydrogen-bond acceptors (Lipinski definition) is 3. The molecule has 2 aromatic carbocycles. The van der Waals surface area contributed by atoms with Crippen LogP contribution >= 0.6 is 11.8 Å². The molecule has 0 bridgehead atoms. The van der Waals surface area contributed by atoms with E-state index in [2.05, 4.69) is 5.32 Å². The molecular weight excluding hydrogens is 247 g/mol. The first-order chi connectivity index (χ1) is 8.74. The molecule has 0 saturated carbocycles. The third kappa shape index (κ3) is 2.63. The van der Waals surface area contributed by atoms with Gasteiger partial charge in [-0.2, -0.15) is 5.26 Å². The van der Waals surface area contributed by atoms with E-state index in [-0.39, 0.29) is 5.56 Å². The molecule has 0 aliphatic carbocycles. The fourth-order valence-electron chi connectivity index (χ4n) is 1.57. The summed E-state index contributed by atoms with van der Waals surface area (Å²) in [4.78, 5) is 1.15. The molecule has 0 heterocycles. The summed E-state index contributed by atoms with van der Waals surface area (Å²) in [5.41, 5.74) is 1.34. The summed E-state index contributed by atoms with van der Waals surface area (Å²) in [6.45, 7) is 0. The van der Waals surface area contributed by atoms with E-state index in [9.17, 15) is 4.39 Å². The van der Waals surface area contributed by atoms with Crippen LogP contribution in [0.15, 0.2) is 47.4 Å². The monoisotopic (exact) mass is 258 g/mol. The second-order valence-corrected chi connectivity index (χ2v) is 4.51. The van der Waals surface area contributed by atoms with Gasteiger partial charge in [0, 0.05) is 10.6 Å². The molecule has 0 aromatic heterocycles. The van der Waals surface area contributed by atoms with Crippen molar-refractivity contribution in [2.45, 2.75) is 4.90 Å². The fourth-order valence-corrected chi connectivity index (χ4v) is 1.98. The van der Waals surface area contributed by atoms with Crippen LogP contribution in [-0.4, -0.2) is 6.26 Å². The highest BCUT2D eigenvalue weighted by molar-refractivity contribution is 7.98. The van der Waals surface area contributed by atoms with Crippen LogP contribution in [0.25, 0.3) is 0 Å². The van der Waals surface area contributed by atoms with Gasteiger partial charge in [-0.1, -0.05) is 6.07 Å². The minimum atomic E-state index is -0.511. The molecule has 2 aromatic rings. The molecule has 4 heteroatoms. The van der Waals surface area contributed by atoms with Gasteiger partial charge < -0.3 is 5.32 Å². The zero-order valence-electron chi connectivity index (χ0n) is 9.77. The number of nitrogens with zero attached hydrogens (tertiary/aromatic N) is 1. The Morgan fingerprint density at radius 2 is 1.89 bits per heavy atom. The predicted molar refractivity (Wildman–Crippen MR) is 72.6 cm³/mol. The standard InChI is InChI=1S/C14H11FN2S/c1-18-11-7-5-10(6-8-11)17-14-4-2-3-13(15)12(14)9-16/h2-8,17H,1H3. The summed E-state index contributed by atoms with van der Waals surface area (Å²) < 4.78 is 13.4. The maximum Gasteiger partial charge on any atom is 0.143 e. The van der Waals surface area contributed by atoms with Crippen molar-refractivity contribution in [1.82, 2.24) is 0 Å². The van der Waals surface area contributed by atoms with Crippen LogP contribution in [0.4, 0.5) is 15.8 Å². The van der Waals surface area contributed by atoms with Gasteiger partial charge in [-0.3, -0.25) is 0 Å². The average molecular weight is 258 g/mol. The number of thioether (sulfide) groups is 1. The zero-order valence-corrected chi connectivity index (χ0v) is 10.6. The molecule has 0 saturated heterocycles. The van der Waals surface area contributed by atoms with E-state index in [1.54, 1.807) is 23.9 Å². The van der Waals surface area contributed by atoms with Gasteiger partial charge in [0.25, 0.3) is 0 Å². The van der Waals surface area contributed by atoms with Gasteiger partial charge in [0.2, 0.25) is 0 Å². The van der Waals surface area contributed by atoms with Gasteiger partial charge in [0.05, 0.1) is 5.69 Å². The molecule has 0 radical (unpaired) electrons. The largest absolute Gasteiger partial charge is 0.354 e. The van der Waals surface area contributed by atoms with E-state index in [4.69, 9.17) is 5.26 Å². The second-order valence-electron chi connectivity index (χ2n) is 3.63. The van der Waals surface area contributed by atoms with Crippen LogP contribution in [0.5, 0.6) is 0 Å². The van der Waals surface area contributed by atoms with Crippen LogP contribution in [0.2, 0.25) is 0 Å². The van der Waals surface area contributed by atoms with E-state index < -0.39 is 5.82 Å². The normalized spacial score (nSPS) is 9.83. The second kappa shape index (κ2) is 5.56. The molecule has 0 atom stereocenters. The van der Waals surface area contributed by atoms with Gasteiger partial charge in [0.15, 0.2) is 0 Å². The van der Waals surface area contributed by atoms with Crippen molar-refractivity contribution < 1.29 is 4.39 Å². The maximum atomic E-state index is 13.4. The van der Waals surface area contributed by atoms with E-state index in [1.807, 2.05) is 36.6 Å². The molecule has 0 aliphatic heterocycles. The summed E-state index contributed by atoms with van der Waals surface area (Å²) in [5, 5.41) is 12.0. The van der Waals surface area contributed by atoms with Gasteiger partial charge in [0.1, 0.15) is 17.4 Å². The highest BCUT2D eigenvalue weighted by atomic mass is 32.2. The Kier molecular flexibility index (Phi) is 3.85. The van der Waals surface area contributed by atoms with Crippen LogP contribution < -0.4 is 5.32 Å². The van der Waals surface area contributed by atoms with Gasteiger partial charge in [-0.05, 0) is 42.7 Å². The summed E-state index contributed by atoms with van der Waals surface area (Å²) in [6.07, 6.45) is 2.00. The summed E-state index contributed by atoms with van der Waals surface area (Å²) in [5.74, 6) is -0.511. The molecule has 0 amide bonds. The van der Waals surface area contributed by atoms with Gasteiger partial charge >= 0.3 is 0 Å². The lowest BCUT2D eigenvalue weighted by Gasteiger charge is -2.09. The zero-order chi connectivity index (χ0) is 13.0. The van der Waals surface area contributed by atoms with E-state index >= 15 is 0 Å². The molecule has 0 unspecified atom stereocenters. The lowest BCUT2D eigenvalue weighted by Crippen LogP contribution is -1.95. The summed E-state index contributed by atoms with van der Waals surface area (Å²) in [6, 6.07) is 14.1. The molecule has 1 N–H and O–H groups in total. The minimum absolute atomic E-state index is 0.0337. The smallest absolute Gasteiger partial charge is 0.143 e. The van der Waals surface area contributed by atoms with Crippen molar-refractivity contribution in [1.29, 1.82) is 5.26 Å². The first-order valence-corrected chi connectivity index (χ1v) is 6.57. The first kappa shape index (κ1) is 12.5. The Labute approximate surface area is 109 Å². The Balaban J connectivity index is 2.28. The number of benzene rings is 2. The number of nitrogens with one attached hydrogen (secondary N) is 1. The lowest BCUT2D eigenvalue weighted by atomic mass is 10.1. The van der Waals surface area contributed by atoms with Crippen molar-refractivity contribution in [3.05, 3.63) is 53.8 Å². The third-order valence-electron chi connectivity index (χ3n) is 2.49. The molecule has 2 rings (SSSR count). The lowest BCUT2D eigenvalue weighted by molar-refractivity contribution is 0.624. The van der Waals surface area contributed by atoms with Crippen LogP contribution in [0.3, 0.4) is 0 Å². The maximum absolute atomic E-state index is 13.4. The van der Waals surface area contributed by atoms with Crippen LogP contribution in [0.1, 0.15) is 5.56 Å². The topological polar surface area (TPSA) is 35.8 Å². The van der Waals surface area contributed by atoms with Crippen molar-refractivity contribution in [3.8, 4) is 6.07 Å². The van der Waals surface area contributed by atoms with Gasteiger partial charge in [-0.15, -0.1) is 11.8 Å². The number of hydrogen-bond donors (Lipinski definition) is 1. The fraction of sp³-hybridized carbons (Fsp3) is 0.0714. The first-order valence-electron chi connectivity index (χ1n) is 5.34. The molecule has 2 nitrogen and oxygen atoms in total. The summed E-state index contributed by atoms with van der Waals surface area (Å²) >= 11 is 1.65. The van der Waals surface area contributed by atoms with E-state index in [0.717, 1.165) is 10.6 Å². The third-order valence-corrected chi connectivity index (χ3v) is 3.24. The molecule has 0 fully saturated rings. The Hall–Kier alpha value is -1.99. The van der Waals surface area contributed by atoms with Crippen LogP contribution in [-0.2, 0) is 0 Å². The number of nitriles is 1. The number of rotatable bonds is 3. The highest BCUT2D eigenvalue weighted by Gasteiger charge is 2.07. The van der Waals surface area contributed by atoms with Crippen molar-refractivity contribution in [3.63, 3.8) is 0 Å². The van der Waals surface area contributed by atoms with Crippen molar-refractivity contribution in [2.24, 2.45) is 0 Å². The molecule has 18 heavy (non-hydrogen) atoms. The van der Waals surface area contributed by atoms with Gasteiger partial charge in [-0.25, -0.2) is 4.39 Å². The van der Waals surface area contributed by atoms with Crippen molar-refractivity contribution >= 4 is 23.1 Å². The molecular formula is C14H11FN2S. The van der Waals surface area contributed by atoms with Crippen LogP contribution in [0, 0.1) is 17.1 Å². The Bertz CT molecular complexity index is 588. The Morgan fingerprint density at radius 1 is 1.17 bits per heavy atom. The molecule has 0 aliphatic rings.